The summed E-state index contributed by atoms with van der Waals surface area (Å²) in [6.07, 6.45) is 3.17. The lowest BCUT2D eigenvalue weighted by molar-refractivity contribution is 0.134. The molecule has 1 aromatic heterocycles. The second-order valence-corrected chi connectivity index (χ2v) is 3.89. The van der Waals surface area contributed by atoms with Crippen molar-refractivity contribution in [1.82, 2.24) is 9.97 Å². The van der Waals surface area contributed by atoms with Gasteiger partial charge in [0.2, 0.25) is 0 Å². The Kier molecular flexibility index (Phi) is 2.38. The monoisotopic (exact) mass is 228 g/mol. The van der Waals surface area contributed by atoms with Gasteiger partial charge >= 0.3 is 0 Å². The molecule has 0 fully saturated rings. The lowest BCUT2D eigenvalue weighted by Crippen LogP contribution is -2.01. The molecule has 0 aliphatic carbocycles. The zero-order chi connectivity index (χ0) is 11.7. The van der Waals surface area contributed by atoms with Gasteiger partial charge in [-0.15, -0.1) is 0 Å². The highest BCUT2D eigenvalue weighted by molar-refractivity contribution is 5.66. The topological polar surface area (TPSA) is 73.1 Å². The molecule has 0 saturated carbocycles. The Labute approximate surface area is 98.7 Å². The quantitative estimate of drug-likeness (QED) is 0.820. The van der Waals surface area contributed by atoms with E-state index in [-0.39, 0.29) is 0 Å². The number of rotatable bonds is 2. The summed E-state index contributed by atoms with van der Waals surface area (Å²) in [4.78, 5) is 8.11. The second-order valence-electron chi connectivity index (χ2n) is 3.89. The van der Waals surface area contributed by atoms with Gasteiger partial charge in [-0.3, -0.25) is 0 Å². The molecule has 0 radical (unpaired) electrons. The average Bonchev–Trinajstić information content (AvgIpc) is 2.79. The number of ether oxygens (including phenoxy) is 1. The van der Waals surface area contributed by atoms with Crippen LogP contribution in [0, 0.1) is 0 Å². The van der Waals surface area contributed by atoms with Crippen molar-refractivity contribution in [3.63, 3.8) is 0 Å². The van der Waals surface area contributed by atoms with Crippen molar-refractivity contribution in [1.29, 1.82) is 0 Å². The van der Waals surface area contributed by atoms with Crippen LogP contribution in [0.1, 0.15) is 11.1 Å². The van der Waals surface area contributed by atoms with E-state index in [9.17, 15) is 0 Å². The van der Waals surface area contributed by atoms with Crippen LogP contribution in [0.2, 0.25) is 0 Å². The van der Waals surface area contributed by atoms with E-state index in [0.29, 0.717) is 24.8 Å². The van der Waals surface area contributed by atoms with Crippen LogP contribution in [0.4, 0.5) is 17.3 Å². The maximum atomic E-state index is 5.72. The second kappa shape index (κ2) is 4.03. The Balaban J connectivity index is 1.89. The summed E-state index contributed by atoms with van der Waals surface area (Å²) in [7, 11) is 0. The van der Waals surface area contributed by atoms with E-state index >= 15 is 0 Å². The highest BCUT2D eigenvalue weighted by Gasteiger charge is 2.11. The molecule has 86 valence electrons. The minimum absolute atomic E-state index is 0.393. The summed E-state index contributed by atoms with van der Waals surface area (Å²) in [6.45, 7) is 1.36. The summed E-state index contributed by atoms with van der Waals surface area (Å²) in [5, 5.41) is 3.15. The minimum atomic E-state index is 0.393. The predicted octanol–water partition coefficient (Wildman–Crippen LogP) is 1.83. The standard InChI is InChI=1S/C12H12N4O/c13-11-12(15-4-3-14-11)16-10-2-1-8-6-17-7-9(8)5-10/h1-5H,6-7H2,(H2,13,14)(H,15,16). The number of nitrogens with two attached hydrogens (primary N) is 1. The van der Waals surface area contributed by atoms with Crippen LogP contribution in [0.5, 0.6) is 0 Å². The number of nitrogen functional groups attached to an aromatic ring is 1. The molecule has 3 N–H and O–H groups in total. The van der Waals surface area contributed by atoms with Crippen LogP contribution in [-0.2, 0) is 18.0 Å². The number of anilines is 3. The van der Waals surface area contributed by atoms with Gasteiger partial charge in [-0.25, -0.2) is 9.97 Å². The van der Waals surface area contributed by atoms with Gasteiger partial charge in [0.15, 0.2) is 11.6 Å². The summed E-state index contributed by atoms with van der Waals surface area (Å²) in [5.74, 6) is 0.968. The largest absolute Gasteiger partial charge is 0.381 e. The lowest BCUT2D eigenvalue weighted by Gasteiger charge is -2.08. The van der Waals surface area contributed by atoms with Crippen molar-refractivity contribution in [3.05, 3.63) is 41.7 Å². The van der Waals surface area contributed by atoms with Crippen molar-refractivity contribution in [2.24, 2.45) is 0 Å². The van der Waals surface area contributed by atoms with E-state index in [0.717, 1.165) is 5.69 Å². The van der Waals surface area contributed by atoms with Gasteiger partial charge in [0.1, 0.15) is 0 Å². The van der Waals surface area contributed by atoms with E-state index in [1.807, 2.05) is 6.07 Å². The molecule has 17 heavy (non-hydrogen) atoms. The first-order valence-electron chi connectivity index (χ1n) is 5.36. The van der Waals surface area contributed by atoms with Crippen LogP contribution in [0.25, 0.3) is 0 Å². The third kappa shape index (κ3) is 1.92. The number of fused-ring (bicyclic) bond motifs is 1. The van der Waals surface area contributed by atoms with Gasteiger partial charge in [0.05, 0.1) is 13.2 Å². The Morgan fingerprint density at radius 2 is 1.94 bits per heavy atom. The van der Waals surface area contributed by atoms with Crippen LogP contribution >= 0.6 is 0 Å². The fourth-order valence-electron chi connectivity index (χ4n) is 1.83. The molecule has 1 aliphatic heterocycles. The number of benzene rings is 1. The van der Waals surface area contributed by atoms with Crippen molar-refractivity contribution in [2.45, 2.75) is 13.2 Å². The summed E-state index contributed by atoms with van der Waals surface area (Å²) < 4.78 is 5.36. The molecule has 5 nitrogen and oxygen atoms in total. The van der Waals surface area contributed by atoms with Gasteiger partial charge in [-0.1, -0.05) is 6.07 Å². The van der Waals surface area contributed by atoms with Crippen LogP contribution < -0.4 is 11.1 Å². The molecule has 5 heteroatoms. The van der Waals surface area contributed by atoms with Crippen LogP contribution in [-0.4, -0.2) is 9.97 Å². The van der Waals surface area contributed by atoms with Crippen molar-refractivity contribution >= 4 is 17.3 Å². The molecular formula is C12H12N4O. The maximum absolute atomic E-state index is 5.72. The van der Waals surface area contributed by atoms with Crippen LogP contribution in [0.15, 0.2) is 30.6 Å². The van der Waals surface area contributed by atoms with Gasteiger partial charge in [0, 0.05) is 18.1 Å². The Bertz CT molecular complexity index is 556. The predicted molar refractivity (Wildman–Crippen MR) is 64.7 cm³/mol. The number of nitrogens with zero attached hydrogens (tertiary/aromatic N) is 2. The van der Waals surface area contributed by atoms with E-state index in [2.05, 4.69) is 27.4 Å². The highest BCUT2D eigenvalue weighted by Crippen LogP contribution is 2.25. The highest BCUT2D eigenvalue weighted by atomic mass is 16.5. The molecule has 1 aromatic carbocycles. The van der Waals surface area contributed by atoms with Crippen molar-refractivity contribution in [3.8, 4) is 0 Å². The normalized spacial score (nSPS) is 13.4. The van der Waals surface area contributed by atoms with E-state index in [1.165, 1.54) is 11.1 Å². The van der Waals surface area contributed by atoms with Gasteiger partial charge in [0.25, 0.3) is 0 Å². The van der Waals surface area contributed by atoms with E-state index in [4.69, 9.17) is 10.5 Å². The average molecular weight is 228 g/mol. The lowest BCUT2D eigenvalue weighted by atomic mass is 10.1. The van der Waals surface area contributed by atoms with E-state index in [1.54, 1.807) is 12.4 Å². The van der Waals surface area contributed by atoms with Gasteiger partial charge < -0.3 is 15.8 Å². The molecule has 0 saturated heterocycles. The molecular weight excluding hydrogens is 216 g/mol. The number of aromatic nitrogens is 2. The first-order valence-corrected chi connectivity index (χ1v) is 5.36. The Morgan fingerprint density at radius 1 is 1.12 bits per heavy atom. The Hall–Kier alpha value is -2.14. The fourth-order valence-corrected chi connectivity index (χ4v) is 1.83. The summed E-state index contributed by atoms with van der Waals surface area (Å²) in [6, 6.07) is 6.09. The van der Waals surface area contributed by atoms with Gasteiger partial charge in [-0.2, -0.15) is 0 Å². The smallest absolute Gasteiger partial charge is 0.173 e. The SMILES string of the molecule is Nc1nccnc1Nc1ccc2c(c1)COC2. The zero-order valence-corrected chi connectivity index (χ0v) is 9.18. The summed E-state index contributed by atoms with van der Waals surface area (Å²) >= 11 is 0. The zero-order valence-electron chi connectivity index (χ0n) is 9.18. The first-order chi connectivity index (χ1) is 8.33. The molecule has 0 spiro atoms. The van der Waals surface area contributed by atoms with Gasteiger partial charge in [-0.05, 0) is 23.3 Å². The molecule has 0 atom stereocenters. The molecule has 1 aliphatic rings. The summed E-state index contributed by atoms with van der Waals surface area (Å²) in [5.41, 5.74) is 9.11. The minimum Gasteiger partial charge on any atom is -0.381 e. The molecule has 2 heterocycles. The van der Waals surface area contributed by atoms with Crippen LogP contribution in [0.3, 0.4) is 0 Å². The number of hydrogen-bond acceptors (Lipinski definition) is 5. The number of hydrogen-bond donors (Lipinski definition) is 2. The molecule has 2 aromatic rings. The first kappa shape index (κ1) is 10.0. The third-order valence-corrected chi connectivity index (χ3v) is 2.71. The van der Waals surface area contributed by atoms with Crippen molar-refractivity contribution in [2.75, 3.05) is 11.1 Å². The number of nitrogens with one attached hydrogen (secondary N) is 1. The third-order valence-electron chi connectivity index (χ3n) is 2.71. The molecule has 0 unspecified atom stereocenters. The van der Waals surface area contributed by atoms with Crippen molar-refractivity contribution < 1.29 is 4.74 Å². The molecule has 3 rings (SSSR count). The van der Waals surface area contributed by atoms with E-state index < -0.39 is 0 Å². The Morgan fingerprint density at radius 3 is 2.82 bits per heavy atom. The maximum Gasteiger partial charge on any atom is 0.173 e. The molecule has 0 amide bonds. The fraction of sp³-hybridized carbons (Fsp3) is 0.167. The molecule has 0 bridgehead atoms.